The topological polar surface area (TPSA) is 64.1 Å². The molecule has 2 aromatic rings. The predicted octanol–water partition coefficient (Wildman–Crippen LogP) is 2.86. The first kappa shape index (κ1) is 12.1. The van der Waals surface area contributed by atoms with Crippen molar-refractivity contribution in [1.29, 1.82) is 0 Å². The van der Waals surface area contributed by atoms with Gasteiger partial charge in [-0.05, 0) is 25.1 Å². The van der Waals surface area contributed by atoms with E-state index in [1.165, 1.54) is 0 Å². The molecule has 0 saturated carbocycles. The fourth-order valence-electron chi connectivity index (χ4n) is 1.53. The highest BCUT2D eigenvalue weighted by molar-refractivity contribution is 9.10. The van der Waals surface area contributed by atoms with Crippen LogP contribution in [0.1, 0.15) is 6.42 Å². The second-order valence-corrected chi connectivity index (χ2v) is 4.47. The highest BCUT2D eigenvalue weighted by Crippen LogP contribution is 2.33. The minimum absolute atomic E-state index is 0.669. The number of nitrogens with two attached hydrogens (primary N) is 1. The summed E-state index contributed by atoms with van der Waals surface area (Å²) in [5.41, 5.74) is 7.33. The molecule has 0 saturated heterocycles. The first-order chi connectivity index (χ1) is 8.33. The summed E-state index contributed by atoms with van der Waals surface area (Å²) in [4.78, 5) is 0. The van der Waals surface area contributed by atoms with E-state index in [4.69, 9.17) is 10.3 Å². The first-order valence-corrected chi connectivity index (χ1v) is 6.25. The quantitative estimate of drug-likeness (QED) is 0.833. The minimum Gasteiger partial charge on any atom is -0.381 e. The van der Waals surface area contributed by atoms with Gasteiger partial charge in [-0.3, -0.25) is 0 Å². The average Bonchev–Trinajstić information content (AvgIpc) is 2.78. The third kappa shape index (κ3) is 2.87. The van der Waals surface area contributed by atoms with Gasteiger partial charge in [0, 0.05) is 16.6 Å². The van der Waals surface area contributed by atoms with Gasteiger partial charge in [-0.25, -0.2) is 0 Å². The predicted molar refractivity (Wildman–Crippen MR) is 71.8 cm³/mol. The summed E-state index contributed by atoms with van der Waals surface area (Å²) in [5, 5.41) is 7.09. The van der Waals surface area contributed by atoms with E-state index in [9.17, 15) is 0 Å². The Morgan fingerprint density at radius 3 is 2.94 bits per heavy atom. The summed E-state index contributed by atoms with van der Waals surface area (Å²) in [7, 11) is 0. The summed E-state index contributed by atoms with van der Waals surface area (Å²) >= 11 is 3.50. The highest BCUT2D eigenvalue weighted by Gasteiger charge is 2.12. The molecule has 4 nitrogen and oxygen atoms in total. The molecule has 0 radical (unpaired) electrons. The highest BCUT2D eigenvalue weighted by atomic mass is 79.9. The molecule has 0 spiro atoms. The summed E-state index contributed by atoms with van der Waals surface area (Å²) < 4.78 is 6.27. The van der Waals surface area contributed by atoms with Crippen molar-refractivity contribution in [3.63, 3.8) is 0 Å². The molecule has 1 aromatic heterocycles. The van der Waals surface area contributed by atoms with Gasteiger partial charge in [0.2, 0.25) is 0 Å². The van der Waals surface area contributed by atoms with Crippen LogP contribution in [0.2, 0.25) is 0 Å². The van der Waals surface area contributed by atoms with Crippen LogP contribution in [0.5, 0.6) is 0 Å². The molecular weight excluding hydrogens is 282 g/mol. The number of hydrogen-bond acceptors (Lipinski definition) is 4. The van der Waals surface area contributed by atoms with Gasteiger partial charge in [0.05, 0.1) is 6.20 Å². The Bertz CT molecular complexity index is 484. The molecule has 0 atom stereocenters. The minimum atomic E-state index is 0.669. The lowest BCUT2D eigenvalue weighted by Crippen LogP contribution is -2.08. The zero-order valence-electron chi connectivity index (χ0n) is 9.32. The lowest BCUT2D eigenvalue weighted by atomic mass is 10.1. The number of aromatic nitrogens is 1. The maximum atomic E-state index is 5.45. The molecule has 1 aromatic carbocycles. The lowest BCUT2D eigenvalue weighted by Gasteiger charge is -2.05. The van der Waals surface area contributed by atoms with E-state index in [0.717, 1.165) is 34.4 Å². The van der Waals surface area contributed by atoms with E-state index in [1.807, 2.05) is 24.3 Å². The molecule has 5 heteroatoms. The van der Waals surface area contributed by atoms with Gasteiger partial charge in [0.15, 0.2) is 5.76 Å². The summed E-state index contributed by atoms with van der Waals surface area (Å²) in [6.45, 7) is 1.48. The van der Waals surface area contributed by atoms with E-state index in [1.54, 1.807) is 6.20 Å². The SMILES string of the molecule is NCCCNc1cnoc1-c1ccccc1Br. The maximum Gasteiger partial charge on any atom is 0.191 e. The van der Waals surface area contributed by atoms with E-state index in [2.05, 4.69) is 26.4 Å². The van der Waals surface area contributed by atoms with Crippen molar-refractivity contribution in [1.82, 2.24) is 5.16 Å². The second kappa shape index (κ2) is 5.84. The van der Waals surface area contributed by atoms with Crippen LogP contribution in [0.4, 0.5) is 5.69 Å². The Hall–Kier alpha value is -1.33. The Kier molecular flexibility index (Phi) is 4.17. The Morgan fingerprint density at radius 2 is 2.18 bits per heavy atom. The molecule has 3 N–H and O–H groups in total. The maximum absolute atomic E-state index is 5.45. The van der Waals surface area contributed by atoms with Crippen LogP contribution in [-0.2, 0) is 0 Å². The molecule has 0 amide bonds. The molecule has 90 valence electrons. The number of halogens is 1. The third-order valence-corrected chi connectivity index (χ3v) is 3.08. The van der Waals surface area contributed by atoms with Crippen LogP contribution in [0.15, 0.2) is 39.5 Å². The number of nitrogens with zero attached hydrogens (tertiary/aromatic N) is 1. The number of anilines is 1. The fourth-order valence-corrected chi connectivity index (χ4v) is 2.00. The number of nitrogens with one attached hydrogen (secondary N) is 1. The smallest absolute Gasteiger partial charge is 0.191 e. The summed E-state index contributed by atoms with van der Waals surface area (Å²) in [5.74, 6) is 0.745. The van der Waals surface area contributed by atoms with E-state index in [-0.39, 0.29) is 0 Å². The Balaban J connectivity index is 2.22. The van der Waals surface area contributed by atoms with Crippen molar-refractivity contribution in [2.24, 2.45) is 5.73 Å². The van der Waals surface area contributed by atoms with Crippen LogP contribution in [0.25, 0.3) is 11.3 Å². The molecule has 17 heavy (non-hydrogen) atoms. The van der Waals surface area contributed by atoms with Gasteiger partial charge in [0.25, 0.3) is 0 Å². The first-order valence-electron chi connectivity index (χ1n) is 5.46. The van der Waals surface area contributed by atoms with E-state index >= 15 is 0 Å². The molecule has 0 aliphatic carbocycles. The number of benzene rings is 1. The monoisotopic (exact) mass is 295 g/mol. The molecule has 0 aliphatic heterocycles. The molecule has 2 rings (SSSR count). The van der Waals surface area contributed by atoms with Gasteiger partial charge in [0.1, 0.15) is 5.69 Å². The van der Waals surface area contributed by atoms with Crippen LogP contribution >= 0.6 is 15.9 Å². The van der Waals surface area contributed by atoms with Gasteiger partial charge in [-0.1, -0.05) is 33.2 Å². The van der Waals surface area contributed by atoms with Gasteiger partial charge < -0.3 is 15.6 Å². The molecular formula is C12H14BrN3O. The van der Waals surface area contributed by atoms with Crippen LogP contribution in [-0.4, -0.2) is 18.2 Å². The van der Waals surface area contributed by atoms with Crippen molar-refractivity contribution >= 4 is 21.6 Å². The van der Waals surface area contributed by atoms with E-state index in [0.29, 0.717) is 6.54 Å². The Labute approximate surface area is 108 Å². The van der Waals surface area contributed by atoms with Crippen molar-refractivity contribution < 1.29 is 4.52 Å². The number of rotatable bonds is 5. The van der Waals surface area contributed by atoms with Gasteiger partial charge in [-0.15, -0.1) is 0 Å². The normalized spacial score (nSPS) is 10.5. The fraction of sp³-hybridized carbons (Fsp3) is 0.250. The zero-order chi connectivity index (χ0) is 12.1. The summed E-state index contributed by atoms with van der Waals surface area (Å²) in [6, 6.07) is 7.89. The van der Waals surface area contributed by atoms with Crippen molar-refractivity contribution in [2.75, 3.05) is 18.4 Å². The standard InChI is InChI=1S/C12H14BrN3O/c13-10-5-2-1-4-9(10)12-11(8-16-17-12)15-7-3-6-14/h1-2,4-5,8,15H,3,6-7,14H2. The van der Waals surface area contributed by atoms with Gasteiger partial charge in [-0.2, -0.15) is 0 Å². The van der Waals surface area contributed by atoms with Crippen molar-refractivity contribution in [3.8, 4) is 11.3 Å². The number of hydrogen-bond donors (Lipinski definition) is 2. The van der Waals surface area contributed by atoms with Crippen LogP contribution in [0, 0.1) is 0 Å². The zero-order valence-corrected chi connectivity index (χ0v) is 10.9. The second-order valence-electron chi connectivity index (χ2n) is 3.62. The van der Waals surface area contributed by atoms with E-state index < -0.39 is 0 Å². The van der Waals surface area contributed by atoms with Crippen molar-refractivity contribution in [2.45, 2.75) is 6.42 Å². The molecule has 0 unspecified atom stereocenters. The third-order valence-electron chi connectivity index (χ3n) is 2.39. The molecule has 0 aliphatic rings. The average molecular weight is 296 g/mol. The largest absolute Gasteiger partial charge is 0.381 e. The molecule has 1 heterocycles. The van der Waals surface area contributed by atoms with Crippen LogP contribution in [0.3, 0.4) is 0 Å². The molecule has 0 fully saturated rings. The van der Waals surface area contributed by atoms with Gasteiger partial charge >= 0.3 is 0 Å². The van der Waals surface area contributed by atoms with Crippen molar-refractivity contribution in [3.05, 3.63) is 34.9 Å². The lowest BCUT2D eigenvalue weighted by molar-refractivity contribution is 0.432. The summed E-state index contributed by atoms with van der Waals surface area (Å²) in [6.07, 6.45) is 2.60. The Morgan fingerprint density at radius 1 is 1.35 bits per heavy atom. The molecule has 0 bridgehead atoms. The van der Waals surface area contributed by atoms with Crippen LogP contribution < -0.4 is 11.1 Å².